The summed E-state index contributed by atoms with van der Waals surface area (Å²) in [6.45, 7) is 3.11. The first-order chi connectivity index (χ1) is 11.1. The van der Waals surface area contributed by atoms with Gasteiger partial charge >= 0.3 is 11.1 Å². The van der Waals surface area contributed by atoms with Crippen molar-refractivity contribution in [2.45, 2.75) is 20.0 Å². The fourth-order valence-electron chi connectivity index (χ4n) is 2.21. The van der Waals surface area contributed by atoms with Crippen molar-refractivity contribution in [1.82, 2.24) is 25.1 Å². The number of rotatable bonds is 4. The van der Waals surface area contributed by atoms with E-state index in [1.807, 2.05) is 13.1 Å². The number of nitrogens with one attached hydrogen (secondary N) is 3. The van der Waals surface area contributed by atoms with Gasteiger partial charge in [-0.2, -0.15) is 5.10 Å². The van der Waals surface area contributed by atoms with Gasteiger partial charge in [-0.1, -0.05) is 0 Å². The van der Waals surface area contributed by atoms with Crippen LogP contribution < -0.4 is 16.4 Å². The number of aromatic amines is 2. The van der Waals surface area contributed by atoms with Crippen molar-refractivity contribution in [3.05, 3.63) is 62.4 Å². The van der Waals surface area contributed by atoms with Gasteiger partial charge in [0, 0.05) is 30.4 Å². The maximum absolute atomic E-state index is 12.2. The van der Waals surface area contributed by atoms with Gasteiger partial charge in [-0.05, 0) is 25.1 Å². The van der Waals surface area contributed by atoms with Crippen LogP contribution in [0.25, 0.3) is 11.0 Å². The van der Waals surface area contributed by atoms with E-state index in [-0.39, 0.29) is 5.91 Å². The Morgan fingerprint density at radius 3 is 2.65 bits per heavy atom. The highest BCUT2D eigenvalue weighted by atomic mass is 16.2. The molecule has 0 aliphatic rings. The molecule has 1 amide bonds. The van der Waals surface area contributed by atoms with Crippen LogP contribution in [0.2, 0.25) is 0 Å². The van der Waals surface area contributed by atoms with Crippen molar-refractivity contribution in [3.63, 3.8) is 0 Å². The van der Waals surface area contributed by atoms with E-state index in [0.717, 1.165) is 12.1 Å². The minimum Gasteiger partial charge on any atom is -0.348 e. The Hall–Kier alpha value is -3.16. The summed E-state index contributed by atoms with van der Waals surface area (Å²) >= 11 is 0. The molecule has 0 atom stereocenters. The molecule has 0 aliphatic heterocycles. The molecule has 23 heavy (non-hydrogen) atoms. The fraction of sp³-hybridized carbons (Fsp3) is 0.200. The predicted molar refractivity (Wildman–Crippen MR) is 84.3 cm³/mol. The molecule has 8 nitrogen and oxygen atoms in total. The van der Waals surface area contributed by atoms with Crippen LogP contribution in [0.15, 0.2) is 40.2 Å². The minimum absolute atomic E-state index is 0.275. The number of aromatic nitrogens is 4. The highest BCUT2D eigenvalue weighted by molar-refractivity contribution is 5.97. The van der Waals surface area contributed by atoms with Crippen LogP contribution in [-0.4, -0.2) is 25.7 Å². The Morgan fingerprint density at radius 2 is 1.96 bits per heavy atom. The van der Waals surface area contributed by atoms with E-state index in [4.69, 9.17) is 0 Å². The first-order valence-corrected chi connectivity index (χ1v) is 7.12. The highest BCUT2D eigenvalue weighted by Crippen LogP contribution is 2.09. The van der Waals surface area contributed by atoms with Crippen LogP contribution in [0.5, 0.6) is 0 Å². The molecule has 0 spiro atoms. The third-order valence-electron chi connectivity index (χ3n) is 3.45. The van der Waals surface area contributed by atoms with Crippen LogP contribution in [0.3, 0.4) is 0 Å². The molecule has 0 unspecified atom stereocenters. The van der Waals surface area contributed by atoms with Gasteiger partial charge in [-0.15, -0.1) is 0 Å². The van der Waals surface area contributed by atoms with Crippen molar-refractivity contribution >= 4 is 16.9 Å². The highest BCUT2D eigenvalue weighted by Gasteiger charge is 2.08. The summed E-state index contributed by atoms with van der Waals surface area (Å²) in [6, 6.07) is 4.69. The third-order valence-corrected chi connectivity index (χ3v) is 3.45. The Labute approximate surface area is 130 Å². The second kappa shape index (κ2) is 5.91. The van der Waals surface area contributed by atoms with Crippen LogP contribution in [-0.2, 0) is 13.1 Å². The molecule has 2 aromatic heterocycles. The van der Waals surface area contributed by atoms with E-state index in [0.29, 0.717) is 23.1 Å². The number of benzene rings is 1. The number of hydrogen-bond donors (Lipinski definition) is 3. The number of carbonyl (C=O) groups is 1. The second-order valence-corrected chi connectivity index (χ2v) is 5.06. The maximum Gasteiger partial charge on any atom is 0.314 e. The smallest absolute Gasteiger partial charge is 0.314 e. The van der Waals surface area contributed by atoms with Crippen LogP contribution in [0.4, 0.5) is 0 Å². The van der Waals surface area contributed by atoms with Crippen molar-refractivity contribution < 1.29 is 4.79 Å². The zero-order valence-corrected chi connectivity index (χ0v) is 12.4. The van der Waals surface area contributed by atoms with Gasteiger partial charge in [-0.25, -0.2) is 0 Å². The summed E-state index contributed by atoms with van der Waals surface area (Å²) in [7, 11) is 0. The maximum atomic E-state index is 12.2. The number of nitrogens with zero attached hydrogens (tertiary/aromatic N) is 2. The number of carbonyl (C=O) groups excluding carboxylic acids is 1. The van der Waals surface area contributed by atoms with Gasteiger partial charge in [-0.3, -0.25) is 19.1 Å². The normalized spacial score (nSPS) is 10.8. The SMILES string of the molecule is CCn1cc(CNC(=O)c2ccc3[nH]c(=O)c(=O)[nH]c3c2)cn1. The van der Waals surface area contributed by atoms with Gasteiger partial charge in [0.1, 0.15) is 0 Å². The molecule has 0 radical (unpaired) electrons. The summed E-state index contributed by atoms with van der Waals surface area (Å²) in [5, 5.41) is 6.92. The Bertz CT molecular complexity index is 982. The molecule has 0 saturated carbocycles. The first-order valence-electron chi connectivity index (χ1n) is 7.12. The van der Waals surface area contributed by atoms with Gasteiger partial charge in [0.2, 0.25) is 0 Å². The predicted octanol–water partition coefficient (Wildman–Crippen LogP) is 0.363. The number of fused-ring (bicyclic) bond motifs is 1. The lowest BCUT2D eigenvalue weighted by atomic mass is 10.2. The summed E-state index contributed by atoms with van der Waals surface area (Å²) in [5.41, 5.74) is 0.697. The van der Waals surface area contributed by atoms with Crippen molar-refractivity contribution in [3.8, 4) is 0 Å². The molecule has 0 saturated heterocycles. The molecular formula is C15H15N5O3. The van der Waals surface area contributed by atoms with Crippen molar-refractivity contribution in [2.75, 3.05) is 0 Å². The zero-order chi connectivity index (χ0) is 16.4. The average molecular weight is 313 g/mol. The van der Waals surface area contributed by atoms with Gasteiger partial charge in [0.05, 0.1) is 17.2 Å². The molecule has 0 bridgehead atoms. The summed E-state index contributed by atoms with van der Waals surface area (Å²) in [4.78, 5) is 39.7. The quantitative estimate of drug-likeness (QED) is 0.604. The van der Waals surface area contributed by atoms with E-state index < -0.39 is 11.1 Å². The molecule has 2 heterocycles. The monoisotopic (exact) mass is 313 g/mol. The number of amides is 1. The summed E-state index contributed by atoms with van der Waals surface area (Å²) in [5.74, 6) is -0.275. The average Bonchev–Trinajstić information content (AvgIpc) is 3.01. The Balaban J connectivity index is 1.79. The molecule has 3 N–H and O–H groups in total. The lowest BCUT2D eigenvalue weighted by Gasteiger charge is -2.05. The molecule has 3 rings (SSSR count). The first kappa shape index (κ1) is 14.8. The lowest BCUT2D eigenvalue weighted by molar-refractivity contribution is 0.0951. The van der Waals surface area contributed by atoms with Crippen molar-refractivity contribution in [1.29, 1.82) is 0 Å². The number of H-pyrrole nitrogens is 2. The molecule has 8 heteroatoms. The number of hydrogen-bond acceptors (Lipinski definition) is 4. The van der Waals surface area contributed by atoms with E-state index in [1.165, 1.54) is 6.07 Å². The van der Waals surface area contributed by atoms with E-state index >= 15 is 0 Å². The molecule has 1 aromatic carbocycles. The molecular weight excluding hydrogens is 298 g/mol. The van der Waals surface area contributed by atoms with Crippen molar-refractivity contribution in [2.24, 2.45) is 0 Å². The lowest BCUT2D eigenvalue weighted by Crippen LogP contribution is -2.29. The topological polar surface area (TPSA) is 113 Å². The second-order valence-electron chi connectivity index (χ2n) is 5.06. The minimum atomic E-state index is -0.748. The third kappa shape index (κ3) is 3.05. The molecule has 118 valence electrons. The van der Waals surface area contributed by atoms with Gasteiger partial charge < -0.3 is 15.3 Å². The van der Waals surface area contributed by atoms with Crippen LogP contribution in [0.1, 0.15) is 22.8 Å². The summed E-state index contributed by atoms with van der Waals surface area (Å²) < 4.78 is 1.78. The molecule has 0 aliphatic carbocycles. The summed E-state index contributed by atoms with van der Waals surface area (Å²) in [6.07, 6.45) is 3.56. The van der Waals surface area contributed by atoms with E-state index in [1.54, 1.807) is 23.0 Å². The van der Waals surface area contributed by atoms with E-state index in [2.05, 4.69) is 20.4 Å². The fourth-order valence-corrected chi connectivity index (χ4v) is 2.21. The van der Waals surface area contributed by atoms with Gasteiger partial charge in [0.25, 0.3) is 5.91 Å². The van der Waals surface area contributed by atoms with Crippen LogP contribution >= 0.6 is 0 Å². The standard InChI is InChI=1S/C15H15N5O3/c1-2-20-8-9(7-17-20)6-16-13(21)10-3-4-11-12(5-10)19-15(23)14(22)18-11/h3-5,7-8H,2,6H2,1H3,(H,16,21)(H,18,22)(H,19,23). The Kier molecular flexibility index (Phi) is 3.80. The molecule has 3 aromatic rings. The number of aryl methyl sites for hydroxylation is 1. The molecule has 0 fully saturated rings. The van der Waals surface area contributed by atoms with Crippen LogP contribution in [0, 0.1) is 0 Å². The zero-order valence-electron chi connectivity index (χ0n) is 12.4. The Morgan fingerprint density at radius 1 is 1.22 bits per heavy atom. The largest absolute Gasteiger partial charge is 0.348 e. The van der Waals surface area contributed by atoms with Gasteiger partial charge in [0.15, 0.2) is 0 Å². The van der Waals surface area contributed by atoms with E-state index in [9.17, 15) is 14.4 Å².